The molecule has 0 spiro atoms. The van der Waals surface area contributed by atoms with E-state index in [0.29, 0.717) is 0 Å². The van der Waals surface area contributed by atoms with Gasteiger partial charge in [0.2, 0.25) is 0 Å². The van der Waals surface area contributed by atoms with E-state index >= 15 is 0 Å². The van der Waals surface area contributed by atoms with Crippen LogP contribution in [0.4, 0.5) is 0 Å². The second-order valence-electron chi connectivity index (χ2n) is 9.12. The average molecular weight is 4360 g/mol. The van der Waals surface area contributed by atoms with Gasteiger partial charge in [0.25, 0.3) is 0 Å². The van der Waals surface area contributed by atoms with E-state index in [1.54, 1.807) is 107 Å². The molecule has 0 heterocycles. The summed E-state index contributed by atoms with van der Waals surface area (Å²) in [6, 6.07) is 0. The van der Waals surface area contributed by atoms with Crippen LogP contribution in [-0.4, -0.2) is 0 Å². The summed E-state index contributed by atoms with van der Waals surface area (Å²) < 4.78 is 0. The second kappa shape index (κ2) is 165. The van der Waals surface area contributed by atoms with Crippen molar-refractivity contribution in [2.45, 2.75) is 0 Å². The Bertz CT molecular complexity index is 10100. The molecule has 0 aliphatic rings. The van der Waals surface area contributed by atoms with Crippen molar-refractivity contribution in [1.29, 1.82) is 0 Å². The Kier molecular flexibility index (Phi) is 201. The van der Waals surface area contributed by atoms with Gasteiger partial charge in [-0.05, 0) is 0 Å². The Labute approximate surface area is 1170 Å². The monoisotopic (exact) mass is 4350 g/mol. The third-order valence-corrected chi connectivity index (χ3v) is 299. The fraction of sp³-hybridized carbons (Fsp3) is 0. The van der Waals surface area contributed by atoms with Crippen molar-refractivity contribution in [2.75, 3.05) is 0 Å². The smallest absolute Gasteiger partial charge is 0 e. The third kappa shape index (κ3) is 164. The lowest BCUT2D eigenvalue weighted by Crippen LogP contribution is -1.42. The molecular weight excluding hydrogens is 4360 g/mol. The maximum atomic E-state index is 4.84. The molecule has 0 amide bonds. The Morgan fingerprint density at radius 2 is 0.0588 bits per heavy atom. The first-order chi connectivity index (χ1) is 67.9. The van der Waals surface area contributed by atoms with Gasteiger partial charge >= 0.3 is 0 Å². The Balaban J connectivity index is 6.21. The highest BCUT2D eigenvalue weighted by Crippen LogP contribution is 1.54. The van der Waals surface area contributed by atoms with Crippen LogP contribution in [0.1, 0.15) is 0 Å². The fourth-order valence-corrected chi connectivity index (χ4v) is 364. The second-order valence-corrected chi connectivity index (χ2v) is 246. The van der Waals surface area contributed by atoms with Gasteiger partial charge in [-0.3, -0.25) is 0 Å². The zero-order chi connectivity index (χ0) is 96.8. The minimum Gasteiger partial charge on any atom is 0 e. The van der Waals surface area contributed by atoms with Crippen LogP contribution in [0.5, 0.6) is 0 Å². The average Bonchev–Trinajstić information content (AvgIpc) is 1.10. The number of rotatable bonds is 0. The standard InChI is InChI=1S/S136/c1-3-5-7-9-11-13-15-17-19-21-23-25-27-29-31-33-35-37-39-41-43-45-47-49-51-53-55-57-59-61-63-65-67-69-71-73-75-77-79-81-83-85-87-89-91-93-95-97-99-101-103-105-107-109-111-113-115-117-119-121-123-125-127-129-131-133-135-136-134-132-130-128-126-124-122-120-118-116-114-112-110-108-106-104-102-100-98-96-94-92-90-88-86-84-82-80-78-76-74-72-70-68-66-64-62-60-58-56-54-52-50-48-46-44-42-40-38-36-34-32-30-28-26-24-22-20-18-16-14-12-10-8-6-4-2. The molecule has 136 heteroatoms. The third-order valence-electron chi connectivity index (χ3n) is 3.69. The van der Waals surface area contributed by atoms with Gasteiger partial charge in [0.15, 0.2) is 0 Å². The van der Waals surface area contributed by atoms with Gasteiger partial charge < -0.3 is 0 Å². The van der Waals surface area contributed by atoms with Crippen molar-refractivity contribution in [3.8, 4) is 0 Å². The van der Waals surface area contributed by atoms with Crippen LogP contribution in [0.25, 0.3) is 0 Å². The van der Waals surface area contributed by atoms with Crippen molar-refractivity contribution >= 4 is 1210 Å². The molecule has 0 aliphatic heterocycles. The van der Waals surface area contributed by atoms with E-state index in [-0.39, 0.29) is 0 Å². The van der Waals surface area contributed by atoms with Gasteiger partial charge in [-0.1, -0.05) is 0 Å². The summed E-state index contributed by atoms with van der Waals surface area (Å²) in [4.78, 5) is 0. The first kappa shape index (κ1) is 166. The molecule has 0 atom stereocenters. The quantitative estimate of drug-likeness (QED) is 0.327. The van der Waals surface area contributed by atoms with E-state index in [1.165, 1.54) is 17.8 Å². The van der Waals surface area contributed by atoms with Gasteiger partial charge in [0, 0.05) is 1210 Å². The van der Waals surface area contributed by atoms with Crippen molar-refractivity contribution in [2.24, 2.45) is 0 Å². The summed E-state index contributed by atoms with van der Waals surface area (Å²) in [6.07, 6.45) is 0. The number of hydrogen-bond acceptors (Lipinski definition) is 2. The zero-order valence-corrected chi connectivity index (χ0v) is 167. The van der Waals surface area contributed by atoms with E-state index < -0.39 is 0 Å². The van der Waals surface area contributed by atoms with Crippen LogP contribution in [0.2, 0.25) is 0 Å². The van der Waals surface area contributed by atoms with Crippen LogP contribution >= 0.6 is 0 Å². The lowest BCUT2D eigenvalue weighted by Gasteiger charge is -1.41. The Hall–Kier alpha value is 29.9. The van der Waals surface area contributed by atoms with Gasteiger partial charge in [-0.15, -0.1) is 0 Å². The summed E-state index contributed by atoms with van der Waals surface area (Å²) in [5.41, 5.74) is 0. The molecule has 0 nitrogen and oxygen atoms in total. The summed E-state index contributed by atoms with van der Waals surface area (Å²) in [5, 5.41) is 0. The summed E-state index contributed by atoms with van der Waals surface area (Å²) in [6.45, 7) is 0. The van der Waals surface area contributed by atoms with Crippen LogP contribution in [-0.2, 0) is 1210 Å². The van der Waals surface area contributed by atoms with Crippen molar-refractivity contribution in [1.82, 2.24) is 0 Å². The van der Waals surface area contributed by atoms with Crippen LogP contribution in [0.15, 0.2) is 0 Å². The lowest BCUT2D eigenvalue weighted by atomic mass is 30.7. The minimum atomic E-state index is 1.37. The summed E-state index contributed by atoms with van der Waals surface area (Å²) >= 11 is 9.67. The molecular formula is S136. The van der Waals surface area contributed by atoms with Crippen molar-refractivity contribution in [3.05, 3.63) is 0 Å². The van der Waals surface area contributed by atoms with E-state index in [2.05, 4.69) is 0 Å². The minimum absolute atomic E-state index is 1.37. The van der Waals surface area contributed by atoms with E-state index in [9.17, 15) is 0 Å². The molecule has 0 aromatic carbocycles. The van der Waals surface area contributed by atoms with Crippen LogP contribution < -0.4 is 0 Å². The zero-order valence-electron chi connectivity index (χ0n) is 55.5. The molecule has 0 saturated heterocycles. The Morgan fingerprint density at radius 1 is 0.0368 bits per heavy atom. The SMILES string of the molecule is S=S=S=S=S=S=S=S=S=S=S=S=S=S=S=S=S=S=S=S=S=S=S=S=S=S=S=S=S=S=S=S=S=S=S=S=S=S=S=S=S=S=S=S=S=S=S=S=S=S=S=S=S=S=S=S=S=S=S=S=S=S=S=S=S=S=S=S=S=S=S=S=S=S=S=S=S=S=S=S=S=S=S=S=S=S=S=S=S=S=S=S=S=S=S=S=S=S=S=S=S=S=S=S=S=S=S=S=S=S=S=S=S=S=S=S=S=S=S=S=S=S=S=S=S=S=S=S=S=S=S=S=S=S=S=S. The maximum absolute atomic E-state index is 4.84. The maximum Gasteiger partial charge on any atom is 0 e. The highest BCUT2D eigenvalue weighted by atomic mass is 33.6. The van der Waals surface area contributed by atoms with Gasteiger partial charge in [0.1, 0.15) is 0 Å². The molecule has 0 unspecified atom stereocenters. The van der Waals surface area contributed by atoms with Gasteiger partial charge in [-0.25, -0.2) is 0 Å². The van der Waals surface area contributed by atoms with Crippen LogP contribution in [0, 0.1) is 0 Å². The highest BCUT2D eigenvalue weighted by Gasteiger charge is 1.54. The molecule has 0 aliphatic carbocycles. The normalized spacial score (nSPS) is 7.91. The number of hydrogen-bond donors (Lipinski definition) is 0. The molecule has 816 valence electrons. The molecule has 0 radical (unpaired) electrons. The predicted molar refractivity (Wildman–Crippen MR) is 1000 cm³/mol. The van der Waals surface area contributed by atoms with E-state index in [0.717, 1.165) is 0 Å². The van der Waals surface area contributed by atoms with Crippen molar-refractivity contribution < 1.29 is 0 Å². The molecule has 0 rings (SSSR count). The first-order valence-electron chi connectivity index (χ1n) is 22.5. The topological polar surface area (TPSA) is 0 Å². The van der Waals surface area contributed by atoms with E-state index in [4.69, 9.17) is 22.4 Å². The Morgan fingerprint density at radius 3 is 0.0809 bits per heavy atom. The summed E-state index contributed by atoms with van der Waals surface area (Å²) in [5.74, 6) is 0. The fourth-order valence-electron chi connectivity index (χ4n) is 1.50. The van der Waals surface area contributed by atoms with Gasteiger partial charge in [0.05, 0.1) is 0 Å². The molecule has 0 saturated carbocycles. The van der Waals surface area contributed by atoms with E-state index in [1.807, 2.05) is 1070 Å². The summed E-state index contributed by atoms with van der Waals surface area (Å²) in [7, 11) is 243. The molecule has 136 heavy (non-hydrogen) atoms. The molecule has 0 aromatic rings. The lowest BCUT2D eigenvalue weighted by molar-refractivity contribution is 5.95. The van der Waals surface area contributed by atoms with Crippen molar-refractivity contribution in [3.63, 3.8) is 0 Å². The van der Waals surface area contributed by atoms with Gasteiger partial charge in [-0.2, -0.15) is 0 Å². The molecule has 0 bridgehead atoms. The first-order valence-corrected chi connectivity index (χ1v) is 202. The highest BCUT2D eigenvalue weighted by molar-refractivity contribution is 8.91. The molecule has 0 aromatic heterocycles. The largest absolute Gasteiger partial charge is 0 e. The van der Waals surface area contributed by atoms with Crippen LogP contribution in [0.3, 0.4) is 0 Å². The molecule has 0 fully saturated rings. The molecule has 0 N–H and O–H groups in total. The predicted octanol–water partition coefficient (Wildman–Crippen LogP) is -0.326.